The highest BCUT2D eigenvalue weighted by Crippen LogP contribution is 2.21. The van der Waals surface area contributed by atoms with Crippen molar-refractivity contribution < 1.29 is 14.3 Å². The monoisotopic (exact) mass is 361 g/mol. The maximum atomic E-state index is 12.3. The van der Waals surface area contributed by atoms with E-state index in [0.717, 1.165) is 23.4 Å². The summed E-state index contributed by atoms with van der Waals surface area (Å²) < 4.78 is 11.0. The van der Waals surface area contributed by atoms with Crippen molar-refractivity contribution in [3.05, 3.63) is 59.1 Å². The molecule has 0 aromatic heterocycles. The average Bonchev–Trinajstić information content (AvgIpc) is 2.64. The van der Waals surface area contributed by atoms with Crippen LogP contribution < -0.4 is 14.8 Å². The number of methoxy groups -OCH3 is 1. The van der Waals surface area contributed by atoms with Crippen molar-refractivity contribution in [2.45, 2.75) is 32.3 Å². The maximum absolute atomic E-state index is 12.3. The lowest BCUT2D eigenvalue weighted by molar-refractivity contribution is -0.128. The van der Waals surface area contributed by atoms with Crippen LogP contribution in [0.4, 0.5) is 0 Å². The first-order valence-electron chi connectivity index (χ1n) is 8.46. The lowest BCUT2D eigenvalue weighted by Crippen LogP contribution is -2.38. The number of ether oxygens (including phenoxy) is 2. The van der Waals surface area contributed by atoms with Crippen molar-refractivity contribution in [1.82, 2.24) is 5.32 Å². The van der Waals surface area contributed by atoms with Gasteiger partial charge >= 0.3 is 0 Å². The highest BCUT2D eigenvalue weighted by molar-refractivity contribution is 6.31. The van der Waals surface area contributed by atoms with Crippen LogP contribution in [0.5, 0.6) is 11.5 Å². The minimum absolute atomic E-state index is 0.107. The van der Waals surface area contributed by atoms with E-state index < -0.39 is 6.10 Å². The highest BCUT2D eigenvalue weighted by Gasteiger charge is 2.18. The average molecular weight is 362 g/mol. The molecule has 134 valence electrons. The molecule has 2 rings (SSSR count). The molecule has 0 heterocycles. The number of carbonyl (C=O) groups excluding carboxylic acids is 1. The van der Waals surface area contributed by atoms with Gasteiger partial charge in [0, 0.05) is 17.6 Å². The Balaban J connectivity index is 1.80. The molecule has 0 aliphatic carbocycles. The second-order valence-corrected chi connectivity index (χ2v) is 6.09. The predicted octanol–water partition coefficient (Wildman–Crippen LogP) is 4.26. The van der Waals surface area contributed by atoms with Crippen LogP contribution in [0.2, 0.25) is 5.02 Å². The third kappa shape index (κ3) is 5.98. The zero-order chi connectivity index (χ0) is 18.1. The van der Waals surface area contributed by atoms with E-state index in [9.17, 15) is 4.79 Å². The van der Waals surface area contributed by atoms with E-state index in [1.807, 2.05) is 49.4 Å². The van der Waals surface area contributed by atoms with Crippen molar-refractivity contribution in [3.8, 4) is 11.5 Å². The Morgan fingerprint density at radius 2 is 1.92 bits per heavy atom. The smallest absolute Gasteiger partial charge is 0.261 e. The van der Waals surface area contributed by atoms with Gasteiger partial charge in [-0.3, -0.25) is 4.79 Å². The number of hydrogen-bond donors (Lipinski definition) is 1. The van der Waals surface area contributed by atoms with E-state index in [1.54, 1.807) is 13.2 Å². The second kappa shape index (κ2) is 9.94. The number of carbonyl (C=O) groups is 1. The summed E-state index contributed by atoms with van der Waals surface area (Å²) in [6.07, 6.45) is 1.72. The first-order chi connectivity index (χ1) is 12.1. The van der Waals surface area contributed by atoms with Crippen LogP contribution in [0.3, 0.4) is 0 Å². The molecule has 0 radical (unpaired) electrons. The van der Waals surface area contributed by atoms with Crippen LogP contribution in [-0.2, 0) is 11.2 Å². The van der Waals surface area contributed by atoms with Gasteiger partial charge < -0.3 is 14.8 Å². The maximum Gasteiger partial charge on any atom is 0.261 e. The number of nitrogens with one attached hydrogen (secondary N) is 1. The third-order valence-electron chi connectivity index (χ3n) is 3.86. The molecule has 0 bridgehead atoms. The molecule has 0 spiro atoms. The Kier molecular flexibility index (Phi) is 7.61. The van der Waals surface area contributed by atoms with Crippen LogP contribution in [-0.4, -0.2) is 25.7 Å². The van der Waals surface area contributed by atoms with Gasteiger partial charge in [-0.05, 0) is 43.0 Å². The molecule has 25 heavy (non-hydrogen) atoms. The van der Waals surface area contributed by atoms with Gasteiger partial charge in [0.1, 0.15) is 11.5 Å². The van der Waals surface area contributed by atoms with Gasteiger partial charge in [0.15, 0.2) is 6.10 Å². The van der Waals surface area contributed by atoms with Gasteiger partial charge in [-0.15, -0.1) is 0 Å². The number of halogens is 1. The number of hydrogen-bond acceptors (Lipinski definition) is 3. The zero-order valence-corrected chi connectivity index (χ0v) is 15.4. The van der Waals surface area contributed by atoms with Crippen molar-refractivity contribution in [2.24, 2.45) is 0 Å². The fraction of sp³-hybridized carbons (Fsp3) is 0.350. The third-order valence-corrected chi connectivity index (χ3v) is 4.23. The number of amides is 1. The Labute approximate surface area is 154 Å². The van der Waals surface area contributed by atoms with E-state index in [-0.39, 0.29) is 5.91 Å². The van der Waals surface area contributed by atoms with Crippen molar-refractivity contribution >= 4 is 17.5 Å². The summed E-state index contributed by atoms with van der Waals surface area (Å²) in [6, 6.07) is 15.0. The van der Waals surface area contributed by atoms with Crippen molar-refractivity contribution in [2.75, 3.05) is 13.7 Å². The molecule has 0 saturated carbocycles. The molecule has 4 nitrogen and oxygen atoms in total. The molecule has 1 unspecified atom stereocenters. The zero-order valence-electron chi connectivity index (χ0n) is 14.6. The van der Waals surface area contributed by atoms with Gasteiger partial charge in [0.05, 0.1) is 7.11 Å². The number of aryl methyl sites for hydroxylation is 1. The molecule has 1 atom stereocenters. The van der Waals surface area contributed by atoms with E-state index >= 15 is 0 Å². The molecule has 1 N–H and O–H groups in total. The summed E-state index contributed by atoms with van der Waals surface area (Å²) in [5.74, 6) is 1.22. The van der Waals surface area contributed by atoms with Gasteiger partial charge in [-0.1, -0.05) is 42.8 Å². The van der Waals surface area contributed by atoms with Gasteiger partial charge in [0.25, 0.3) is 5.91 Å². The Morgan fingerprint density at radius 1 is 1.16 bits per heavy atom. The fourth-order valence-electron chi connectivity index (χ4n) is 2.47. The summed E-state index contributed by atoms with van der Waals surface area (Å²) >= 11 is 6.14. The number of rotatable bonds is 9. The summed E-state index contributed by atoms with van der Waals surface area (Å²) in [7, 11) is 1.60. The summed E-state index contributed by atoms with van der Waals surface area (Å²) in [5, 5.41) is 3.70. The first kappa shape index (κ1) is 19.1. The van der Waals surface area contributed by atoms with Gasteiger partial charge in [-0.2, -0.15) is 0 Å². The number of benzene rings is 2. The Bertz CT molecular complexity index is 690. The summed E-state index contributed by atoms with van der Waals surface area (Å²) in [5.41, 5.74) is 1.10. The standard InChI is InChI=1S/C20H24ClNO3/c1-3-19(25-17-11-6-10-16(14-17)24-2)20(23)22-13-7-9-15-8-4-5-12-18(15)21/h4-6,8,10-12,14,19H,3,7,9,13H2,1-2H3,(H,22,23). The van der Waals surface area contributed by atoms with Gasteiger partial charge in [0.2, 0.25) is 0 Å². The lowest BCUT2D eigenvalue weighted by atomic mass is 10.1. The Hall–Kier alpha value is -2.20. The molecule has 0 aliphatic rings. The molecule has 0 fully saturated rings. The summed E-state index contributed by atoms with van der Waals surface area (Å²) in [4.78, 5) is 12.3. The fourth-order valence-corrected chi connectivity index (χ4v) is 2.70. The summed E-state index contributed by atoms with van der Waals surface area (Å²) in [6.45, 7) is 2.51. The second-order valence-electron chi connectivity index (χ2n) is 5.68. The molecule has 1 amide bonds. The van der Waals surface area contributed by atoms with Crippen molar-refractivity contribution in [3.63, 3.8) is 0 Å². The highest BCUT2D eigenvalue weighted by atomic mass is 35.5. The molecule has 0 aliphatic heterocycles. The van der Waals surface area contributed by atoms with Crippen LogP contribution in [0.1, 0.15) is 25.3 Å². The van der Waals surface area contributed by atoms with E-state index in [1.165, 1.54) is 0 Å². The van der Waals surface area contributed by atoms with Crippen molar-refractivity contribution in [1.29, 1.82) is 0 Å². The lowest BCUT2D eigenvalue weighted by Gasteiger charge is -2.17. The molecule has 2 aromatic rings. The minimum atomic E-state index is -0.521. The Morgan fingerprint density at radius 3 is 2.64 bits per heavy atom. The van der Waals surface area contributed by atoms with Crippen LogP contribution in [0, 0.1) is 0 Å². The van der Waals surface area contributed by atoms with E-state index in [0.29, 0.717) is 24.5 Å². The molecule has 0 saturated heterocycles. The van der Waals surface area contributed by atoms with Crippen LogP contribution in [0.25, 0.3) is 0 Å². The quantitative estimate of drug-likeness (QED) is 0.679. The SMILES string of the molecule is CCC(Oc1cccc(OC)c1)C(=O)NCCCc1ccccc1Cl. The molecular weight excluding hydrogens is 338 g/mol. The first-order valence-corrected chi connectivity index (χ1v) is 8.83. The van der Waals surface area contributed by atoms with Gasteiger partial charge in [-0.25, -0.2) is 0 Å². The van der Waals surface area contributed by atoms with E-state index in [2.05, 4.69) is 5.32 Å². The normalized spacial score (nSPS) is 11.6. The van der Waals surface area contributed by atoms with E-state index in [4.69, 9.17) is 21.1 Å². The molecular formula is C20H24ClNO3. The van der Waals surface area contributed by atoms with Crippen LogP contribution >= 0.6 is 11.6 Å². The largest absolute Gasteiger partial charge is 0.497 e. The molecule has 2 aromatic carbocycles. The minimum Gasteiger partial charge on any atom is -0.497 e. The molecule has 5 heteroatoms. The predicted molar refractivity (Wildman–Crippen MR) is 100 cm³/mol. The van der Waals surface area contributed by atoms with Crippen LogP contribution in [0.15, 0.2) is 48.5 Å². The topological polar surface area (TPSA) is 47.6 Å².